The number of carbonyl (C=O) groups is 1. The van der Waals surface area contributed by atoms with Gasteiger partial charge in [0.05, 0.1) is 13.2 Å². The molecule has 0 saturated carbocycles. The van der Waals surface area contributed by atoms with Gasteiger partial charge in [0.15, 0.2) is 5.96 Å². The summed E-state index contributed by atoms with van der Waals surface area (Å²) < 4.78 is 17.3. The summed E-state index contributed by atoms with van der Waals surface area (Å²) >= 11 is 0. The quantitative estimate of drug-likeness (QED) is 0.563. The number of hydrogen-bond acceptors (Lipinski definition) is 4. The first kappa shape index (κ1) is 21.2. The van der Waals surface area contributed by atoms with Gasteiger partial charge in [0, 0.05) is 55.0 Å². The predicted molar refractivity (Wildman–Crippen MR) is 109 cm³/mol. The lowest BCUT2D eigenvalue weighted by Gasteiger charge is -2.35. The number of hydrogen-bond donors (Lipinski definition) is 1. The maximum absolute atomic E-state index is 12.3. The van der Waals surface area contributed by atoms with Crippen molar-refractivity contribution in [2.45, 2.75) is 19.6 Å². The summed E-state index contributed by atoms with van der Waals surface area (Å²) in [5, 5.41) is 3.29. The van der Waals surface area contributed by atoms with Crippen LogP contribution in [0.15, 0.2) is 35.3 Å². The van der Waals surface area contributed by atoms with E-state index in [1.54, 1.807) is 4.90 Å². The number of amides is 1. The standard InChI is InChI=1S/C19H30N4O3S/c1-3-20-18(22-11-13-23(14-12-22)19(24)26-4-2)21-10-15-27(25)16-17-8-6-5-7-9-17/h5-9H,3-4,10-16H2,1-2H3,(H,20,21). The minimum atomic E-state index is -0.933. The van der Waals surface area contributed by atoms with Gasteiger partial charge in [0.2, 0.25) is 0 Å². The van der Waals surface area contributed by atoms with Crippen molar-refractivity contribution in [3.05, 3.63) is 35.9 Å². The van der Waals surface area contributed by atoms with E-state index in [2.05, 4.69) is 15.2 Å². The Morgan fingerprint density at radius 2 is 1.81 bits per heavy atom. The molecule has 1 aromatic carbocycles. The number of piperazine rings is 1. The maximum Gasteiger partial charge on any atom is 0.409 e. The van der Waals surface area contributed by atoms with Gasteiger partial charge in [-0.05, 0) is 19.4 Å². The Morgan fingerprint density at radius 3 is 2.44 bits per heavy atom. The van der Waals surface area contributed by atoms with Crippen molar-refractivity contribution < 1.29 is 13.7 Å². The van der Waals surface area contributed by atoms with Crippen molar-refractivity contribution >= 4 is 22.9 Å². The van der Waals surface area contributed by atoms with Crippen molar-refractivity contribution in [3.8, 4) is 0 Å². The molecule has 1 aliphatic rings. The average Bonchev–Trinajstić information content (AvgIpc) is 2.68. The molecule has 1 aliphatic heterocycles. The first-order valence-electron chi connectivity index (χ1n) is 9.47. The van der Waals surface area contributed by atoms with Crippen LogP contribution in [0, 0.1) is 0 Å². The van der Waals surface area contributed by atoms with Crippen LogP contribution in [-0.4, -0.2) is 77.7 Å². The first-order chi connectivity index (χ1) is 13.1. The number of benzene rings is 1. The van der Waals surface area contributed by atoms with Crippen molar-refractivity contribution in [2.24, 2.45) is 4.99 Å². The molecule has 1 aromatic rings. The van der Waals surface area contributed by atoms with Crippen LogP contribution in [0.4, 0.5) is 4.79 Å². The Morgan fingerprint density at radius 1 is 1.15 bits per heavy atom. The zero-order valence-electron chi connectivity index (χ0n) is 16.2. The van der Waals surface area contributed by atoms with Crippen LogP contribution in [0.25, 0.3) is 0 Å². The summed E-state index contributed by atoms with van der Waals surface area (Å²) in [5.41, 5.74) is 1.09. The summed E-state index contributed by atoms with van der Waals surface area (Å²) in [6, 6.07) is 9.87. The van der Waals surface area contributed by atoms with Gasteiger partial charge in [-0.3, -0.25) is 9.20 Å². The number of ether oxygens (including phenoxy) is 1. The third-order valence-corrected chi connectivity index (χ3v) is 5.48. The fourth-order valence-corrected chi connectivity index (χ4v) is 3.83. The van der Waals surface area contributed by atoms with Crippen molar-refractivity contribution in [1.82, 2.24) is 15.1 Å². The van der Waals surface area contributed by atoms with E-state index in [4.69, 9.17) is 4.74 Å². The molecule has 1 heterocycles. The van der Waals surface area contributed by atoms with Gasteiger partial charge in [0.1, 0.15) is 0 Å². The van der Waals surface area contributed by atoms with E-state index in [9.17, 15) is 9.00 Å². The van der Waals surface area contributed by atoms with E-state index in [-0.39, 0.29) is 6.09 Å². The molecule has 2 rings (SSSR count). The fraction of sp³-hybridized carbons (Fsp3) is 0.579. The zero-order chi connectivity index (χ0) is 19.5. The molecule has 1 saturated heterocycles. The van der Waals surface area contributed by atoms with Crippen LogP contribution >= 0.6 is 0 Å². The zero-order valence-corrected chi connectivity index (χ0v) is 17.0. The van der Waals surface area contributed by atoms with Crippen LogP contribution in [0.1, 0.15) is 19.4 Å². The van der Waals surface area contributed by atoms with Gasteiger partial charge in [-0.25, -0.2) is 4.79 Å². The molecule has 0 aromatic heterocycles. The summed E-state index contributed by atoms with van der Waals surface area (Å²) in [6.45, 7) is 8.15. The molecular formula is C19H30N4O3S. The highest BCUT2D eigenvalue weighted by Crippen LogP contribution is 2.06. The number of aliphatic imine (C=N–C) groups is 1. The lowest BCUT2D eigenvalue weighted by molar-refractivity contribution is 0.0914. The molecule has 8 heteroatoms. The topological polar surface area (TPSA) is 74.2 Å². The van der Waals surface area contributed by atoms with Crippen molar-refractivity contribution in [2.75, 3.05) is 51.6 Å². The monoisotopic (exact) mass is 394 g/mol. The van der Waals surface area contributed by atoms with E-state index in [1.807, 2.05) is 44.2 Å². The van der Waals surface area contributed by atoms with Crippen LogP contribution in [0.3, 0.4) is 0 Å². The molecule has 1 amide bonds. The molecule has 1 fully saturated rings. The number of nitrogens with one attached hydrogen (secondary N) is 1. The Balaban J connectivity index is 1.82. The second-order valence-electron chi connectivity index (χ2n) is 6.18. The Hall–Kier alpha value is -2.09. The molecule has 0 spiro atoms. The lowest BCUT2D eigenvalue weighted by Crippen LogP contribution is -2.54. The molecular weight excluding hydrogens is 364 g/mol. The molecule has 150 valence electrons. The highest BCUT2D eigenvalue weighted by Gasteiger charge is 2.23. The third kappa shape index (κ3) is 7.21. The van der Waals surface area contributed by atoms with Gasteiger partial charge in [0.25, 0.3) is 0 Å². The van der Waals surface area contributed by atoms with Gasteiger partial charge < -0.3 is 19.9 Å². The molecule has 0 radical (unpaired) electrons. The highest BCUT2D eigenvalue weighted by molar-refractivity contribution is 7.84. The average molecular weight is 395 g/mol. The normalized spacial score (nSPS) is 16.1. The lowest BCUT2D eigenvalue weighted by atomic mass is 10.2. The highest BCUT2D eigenvalue weighted by atomic mass is 32.2. The van der Waals surface area contributed by atoms with Crippen LogP contribution in [0.5, 0.6) is 0 Å². The maximum atomic E-state index is 12.3. The molecule has 1 atom stereocenters. The minimum Gasteiger partial charge on any atom is -0.450 e. The predicted octanol–water partition coefficient (Wildman–Crippen LogP) is 1.67. The molecule has 1 unspecified atom stereocenters. The van der Waals surface area contributed by atoms with E-state index >= 15 is 0 Å². The van der Waals surface area contributed by atoms with E-state index in [1.165, 1.54) is 0 Å². The van der Waals surface area contributed by atoms with Gasteiger partial charge in [-0.2, -0.15) is 0 Å². The van der Waals surface area contributed by atoms with Gasteiger partial charge in [-0.1, -0.05) is 30.3 Å². The van der Waals surface area contributed by atoms with Gasteiger partial charge in [-0.15, -0.1) is 0 Å². The molecule has 1 N–H and O–H groups in total. The van der Waals surface area contributed by atoms with Crippen molar-refractivity contribution in [3.63, 3.8) is 0 Å². The van der Waals surface area contributed by atoms with E-state index < -0.39 is 10.8 Å². The van der Waals surface area contributed by atoms with Gasteiger partial charge >= 0.3 is 6.09 Å². The summed E-state index contributed by atoms with van der Waals surface area (Å²) in [4.78, 5) is 20.3. The summed E-state index contributed by atoms with van der Waals surface area (Å²) in [5.74, 6) is 1.91. The largest absolute Gasteiger partial charge is 0.450 e. The van der Waals surface area contributed by atoms with Crippen LogP contribution in [0.2, 0.25) is 0 Å². The third-order valence-electron chi connectivity index (χ3n) is 4.19. The first-order valence-corrected chi connectivity index (χ1v) is 11.0. The molecule has 27 heavy (non-hydrogen) atoms. The molecule has 0 bridgehead atoms. The van der Waals surface area contributed by atoms with Crippen molar-refractivity contribution in [1.29, 1.82) is 0 Å². The number of nitrogens with zero attached hydrogens (tertiary/aromatic N) is 3. The molecule has 7 nitrogen and oxygen atoms in total. The van der Waals surface area contributed by atoms with Crippen LogP contribution < -0.4 is 5.32 Å². The Bertz CT molecular complexity index is 631. The van der Waals surface area contributed by atoms with E-state index in [0.29, 0.717) is 50.8 Å². The number of guanidine groups is 1. The SMILES string of the molecule is CCNC(=NCCS(=O)Cc1ccccc1)N1CCN(C(=O)OCC)CC1. The molecule has 0 aliphatic carbocycles. The second-order valence-corrected chi connectivity index (χ2v) is 7.76. The number of rotatable bonds is 7. The summed E-state index contributed by atoms with van der Waals surface area (Å²) in [6.07, 6.45) is -0.254. The summed E-state index contributed by atoms with van der Waals surface area (Å²) in [7, 11) is -0.933. The Kier molecular flexibility index (Phi) is 9.10. The Labute approximate surface area is 164 Å². The minimum absolute atomic E-state index is 0.254. The van der Waals surface area contributed by atoms with E-state index in [0.717, 1.165) is 18.1 Å². The smallest absolute Gasteiger partial charge is 0.409 e. The number of carbonyl (C=O) groups excluding carboxylic acids is 1. The fourth-order valence-electron chi connectivity index (χ4n) is 2.83. The second kappa shape index (κ2) is 11.6. The van der Waals surface area contributed by atoms with Crippen LogP contribution in [-0.2, 0) is 21.3 Å².